The fourth-order valence-electron chi connectivity index (χ4n) is 1.65. The molecule has 0 spiro atoms. The zero-order valence-corrected chi connectivity index (χ0v) is 9.13. The van der Waals surface area contributed by atoms with Gasteiger partial charge in [-0.3, -0.25) is 0 Å². The largest absolute Gasteiger partial charge is 0.496 e. The van der Waals surface area contributed by atoms with Crippen molar-refractivity contribution in [1.29, 1.82) is 0 Å². The normalized spacial score (nSPS) is 12.4. The summed E-state index contributed by atoms with van der Waals surface area (Å²) in [6.45, 7) is 3.92. The van der Waals surface area contributed by atoms with Crippen molar-refractivity contribution in [3.05, 3.63) is 23.3 Å². The Hall–Kier alpha value is -1.22. The predicted molar refractivity (Wildman–Crippen MR) is 56.9 cm³/mol. The van der Waals surface area contributed by atoms with Gasteiger partial charge in [0.2, 0.25) is 0 Å². The van der Waals surface area contributed by atoms with Crippen LogP contribution in [0.1, 0.15) is 24.1 Å². The lowest BCUT2D eigenvalue weighted by molar-refractivity contribution is 0.393. The van der Waals surface area contributed by atoms with Crippen molar-refractivity contribution in [3.63, 3.8) is 0 Å². The van der Waals surface area contributed by atoms with Gasteiger partial charge >= 0.3 is 0 Å². The minimum absolute atomic E-state index is 0.0555. The molecule has 3 nitrogen and oxygen atoms in total. The first-order chi connectivity index (χ1) is 6.61. The van der Waals surface area contributed by atoms with Crippen LogP contribution in [0.15, 0.2) is 12.1 Å². The van der Waals surface area contributed by atoms with Crippen LogP contribution in [0.2, 0.25) is 0 Å². The number of nitrogens with two attached hydrogens (primary N) is 1. The highest BCUT2D eigenvalue weighted by Crippen LogP contribution is 2.32. The summed E-state index contributed by atoms with van der Waals surface area (Å²) in [4.78, 5) is 0. The van der Waals surface area contributed by atoms with Crippen LogP contribution in [0, 0.1) is 6.92 Å². The third-order valence-corrected chi connectivity index (χ3v) is 2.32. The van der Waals surface area contributed by atoms with Crippen LogP contribution in [0.4, 0.5) is 0 Å². The lowest BCUT2D eigenvalue weighted by Crippen LogP contribution is -2.09. The third-order valence-electron chi connectivity index (χ3n) is 2.32. The van der Waals surface area contributed by atoms with Crippen LogP contribution in [-0.2, 0) is 0 Å². The fraction of sp³-hybridized carbons (Fsp3) is 0.455. The Balaban J connectivity index is 3.31. The molecule has 0 aliphatic rings. The molecule has 0 saturated carbocycles. The van der Waals surface area contributed by atoms with E-state index < -0.39 is 0 Å². The number of hydrogen-bond donors (Lipinski definition) is 1. The third kappa shape index (κ3) is 1.82. The fourth-order valence-corrected chi connectivity index (χ4v) is 1.65. The van der Waals surface area contributed by atoms with Crippen molar-refractivity contribution < 1.29 is 9.47 Å². The molecule has 2 N–H and O–H groups in total. The van der Waals surface area contributed by atoms with Gasteiger partial charge in [-0.15, -0.1) is 0 Å². The second kappa shape index (κ2) is 4.33. The van der Waals surface area contributed by atoms with Crippen molar-refractivity contribution in [2.45, 2.75) is 19.9 Å². The van der Waals surface area contributed by atoms with Gasteiger partial charge in [-0.25, -0.2) is 0 Å². The first-order valence-corrected chi connectivity index (χ1v) is 4.58. The van der Waals surface area contributed by atoms with Crippen LogP contribution < -0.4 is 15.2 Å². The molecule has 78 valence electrons. The van der Waals surface area contributed by atoms with E-state index in [9.17, 15) is 0 Å². The molecule has 0 heterocycles. The highest BCUT2D eigenvalue weighted by Gasteiger charge is 2.13. The molecule has 0 bridgehead atoms. The van der Waals surface area contributed by atoms with Gasteiger partial charge in [-0.2, -0.15) is 0 Å². The maximum Gasteiger partial charge on any atom is 0.124 e. The summed E-state index contributed by atoms with van der Waals surface area (Å²) in [5.41, 5.74) is 7.93. The van der Waals surface area contributed by atoms with Crippen molar-refractivity contribution in [2.24, 2.45) is 5.73 Å². The van der Waals surface area contributed by atoms with Crippen molar-refractivity contribution in [1.82, 2.24) is 0 Å². The van der Waals surface area contributed by atoms with Gasteiger partial charge in [-0.05, 0) is 31.5 Å². The van der Waals surface area contributed by atoms with Crippen LogP contribution in [0.3, 0.4) is 0 Å². The lowest BCUT2D eigenvalue weighted by atomic mass is 10.0. The summed E-state index contributed by atoms with van der Waals surface area (Å²) in [5.74, 6) is 1.66. The molecule has 0 aliphatic heterocycles. The van der Waals surface area contributed by atoms with Gasteiger partial charge in [0.1, 0.15) is 11.5 Å². The predicted octanol–water partition coefficient (Wildman–Crippen LogP) is 2.03. The summed E-state index contributed by atoms with van der Waals surface area (Å²) in [5, 5.41) is 0. The molecule has 0 aromatic heterocycles. The zero-order chi connectivity index (χ0) is 10.7. The molecule has 1 unspecified atom stereocenters. The molecule has 14 heavy (non-hydrogen) atoms. The van der Waals surface area contributed by atoms with Gasteiger partial charge in [0.15, 0.2) is 0 Å². The topological polar surface area (TPSA) is 44.5 Å². The molecular weight excluding hydrogens is 178 g/mol. The van der Waals surface area contributed by atoms with Crippen molar-refractivity contribution >= 4 is 0 Å². The minimum atomic E-state index is -0.0555. The second-order valence-corrected chi connectivity index (χ2v) is 3.30. The molecule has 1 rings (SSSR count). The molecule has 0 aliphatic carbocycles. The first kappa shape index (κ1) is 10.9. The van der Waals surface area contributed by atoms with Crippen LogP contribution in [0.25, 0.3) is 0 Å². The van der Waals surface area contributed by atoms with Gasteiger partial charge in [0.05, 0.1) is 14.2 Å². The number of hydrogen-bond acceptors (Lipinski definition) is 3. The number of methoxy groups -OCH3 is 2. The van der Waals surface area contributed by atoms with Gasteiger partial charge in [0, 0.05) is 11.6 Å². The summed E-state index contributed by atoms with van der Waals surface area (Å²) in [6.07, 6.45) is 0. The van der Waals surface area contributed by atoms with Gasteiger partial charge in [-0.1, -0.05) is 0 Å². The van der Waals surface area contributed by atoms with E-state index in [0.717, 1.165) is 22.6 Å². The van der Waals surface area contributed by atoms with E-state index in [1.807, 2.05) is 26.0 Å². The number of ether oxygens (including phenoxy) is 2. The lowest BCUT2D eigenvalue weighted by Gasteiger charge is -2.17. The van der Waals surface area contributed by atoms with Crippen molar-refractivity contribution in [3.8, 4) is 11.5 Å². The molecule has 1 atom stereocenters. The highest BCUT2D eigenvalue weighted by molar-refractivity contribution is 5.49. The van der Waals surface area contributed by atoms with Crippen molar-refractivity contribution in [2.75, 3.05) is 14.2 Å². The Labute approximate surface area is 84.8 Å². The minimum Gasteiger partial charge on any atom is -0.496 e. The maximum atomic E-state index is 5.88. The molecule has 1 aromatic carbocycles. The SMILES string of the molecule is COc1ccc(OC)c(C(C)N)c1C. The monoisotopic (exact) mass is 195 g/mol. The summed E-state index contributed by atoms with van der Waals surface area (Å²) in [6, 6.07) is 3.71. The Morgan fingerprint density at radius 1 is 1.14 bits per heavy atom. The second-order valence-electron chi connectivity index (χ2n) is 3.30. The van der Waals surface area contributed by atoms with Gasteiger partial charge in [0.25, 0.3) is 0 Å². The van der Waals surface area contributed by atoms with E-state index in [0.29, 0.717) is 0 Å². The molecular formula is C11H17NO2. The smallest absolute Gasteiger partial charge is 0.124 e. The van der Waals surface area contributed by atoms with E-state index in [-0.39, 0.29) is 6.04 Å². The van der Waals surface area contributed by atoms with E-state index in [4.69, 9.17) is 15.2 Å². The highest BCUT2D eigenvalue weighted by atomic mass is 16.5. The van der Waals surface area contributed by atoms with E-state index in [1.165, 1.54) is 0 Å². The zero-order valence-electron chi connectivity index (χ0n) is 9.13. The quantitative estimate of drug-likeness (QED) is 0.802. The molecule has 0 saturated heterocycles. The van der Waals surface area contributed by atoms with E-state index >= 15 is 0 Å². The number of benzene rings is 1. The Morgan fingerprint density at radius 3 is 2.07 bits per heavy atom. The maximum absolute atomic E-state index is 5.88. The van der Waals surface area contributed by atoms with Crippen LogP contribution in [-0.4, -0.2) is 14.2 Å². The Kier molecular flexibility index (Phi) is 3.36. The van der Waals surface area contributed by atoms with E-state index in [2.05, 4.69) is 0 Å². The molecule has 0 radical (unpaired) electrons. The summed E-state index contributed by atoms with van der Waals surface area (Å²) < 4.78 is 10.5. The Bertz CT molecular complexity index is 321. The average Bonchev–Trinajstić information content (AvgIpc) is 2.16. The standard InChI is InChI=1S/C11H17NO2/c1-7-9(13-3)5-6-10(14-4)11(7)8(2)12/h5-6,8H,12H2,1-4H3. The summed E-state index contributed by atoms with van der Waals surface area (Å²) in [7, 11) is 3.30. The molecule has 3 heteroatoms. The summed E-state index contributed by atoms with van der Waals surface area (Å²) >= 11 is 0. The van der Waals surface area contributed by atoms with Crippen LogP contribution >= 0.6 is 0 Å². The number of rotatable bonds is 3. The molecule has 1 aromatic rings. The van der Waals surface area contributed by atoms with Crippen LogP contribution in [0.5, 0.6) is 11.5 Å². The molecule has 0 fully saturated rings. The Morgan fingerprint density at radius 2 is 1.64 bits per heavy atom. The van der Waals surface area contributed by atoms with Gasteiger partial charge < -0.3 is 15.2 Å². The molecule has 0 amide bonds. The average molecular weight is 195 g/mol. The van der Waals surface area contributed by atoms with E-state index in [1.54, 1.807) is 14.2 Å². The first-order valence-electron chi connectivity index (χ1n) is 4.58.